The second-order valence-corrected chi connectivity index (χ2v) is 4.36. The van der Waals surface area contributed by atoms with Gasteiger partial charge < -0.3 is 10.1 Å². The molecular formula is C12H10BrNO2. The topological polar surface area (TPSA) is 53.1 Å². The summed E-state index contributed by atoms with van der Waals surface area (Å²) in [4.78, 5) is 14.0. The molecular weight excluding hydrogens is 270 g/mol. The zero-order chi connectivity index (χ0) is 11.7. The molecule has 0 aliphatic heterocycles. The van der Waals surface area contributed by atoms with Crippen LogP contribution in [0.4, 0.5) is 0 Å². The monoisotopic (exact) mass is 279 g/mol. The number of carboxylic acids is 1. The number of hydrogen-bond acceptors (Lipinski definition) is 1. The molecule has 82 valence electrons. The quantitative estimate of drug-likeness (QED) is 0.885. The lowest BCUT2D eigenvalue weighted by Gasteiger charge is -2.00. The van der Waals surface area contributed by atoms with Gasteiger partial charge >= 0.3 is 5.97 Å². The number of benzene rings is 1. The van der Waals surface area contributed by atoms with Gasteiger partial charge in [-0.2, -0.15) is 0 Å². The summed E-state index contributed by atoms with van der Waals surface area (Å²) in [6.07, 6.45) is 0. The fraction of sp³-hybridized carbons (Fsp3) is 0.0833. The summed E-state index contributed by atoms with van der Waals surface area (Å²) in [5, 5.41) is 8.96. The van der Waals surface area contributed by atoms with Gasteiger partial charge in [-0.1, -0.05) is 34.1 Å². The predicted octanol–water partition coefficient (Wildman–Crippen LogP) is 3.45. The van der Waals surface area contributed by atoms with Crippen LogP contribution in [0.3, 0.4) is 0 Å². The minimum Gasteiger partial charge on any atom is -0.478 e. The molecule has 1 aromatic carbocycles. The van der Waals surface area contributed by atoms with E-state index in [0.717, 1.165) is 15.7 Å². The van der Waals surface area contributed by atoms with Crippen molar-refractivity contribution in [3.8, 4) is 11.3 Å². The van der Waals surface area contributed by atoms with E-state index >= 15 is 0 Å². The first kappa shape index (κ1) is 11.0. The minimum absolute atomic E-state index is 0.311. The van der Waals surface area contributed by atoms with Gasteiger partial charge in [0, 0.05) is 21.4 Å². The van der Waals surface area contributed by atoms with Crippen molar-refractivity contribution in [1.29, 1.82) is 0 Å². The third kappa shape index (κ3) is 1.88. The lowest BCUT2D eigenvalue weighted by Crippen LogP contribution is -1.95. The van der Waals surface area contributed by atoms with Gasteiger partial charge in [0.15, 0.2) is 0 Å². The fourth-order valence-corrected chi connectivity index (χ4v) is 2.10. The van der Waals surface area contributed by atoms with E-state index in [1.54, 1.807) is 13.0 Å². The second kappa shape index (κ2) is 4.14. The van der Waals surface area contributed by atoms with Crippen LogP contribution in [0.2, 0.25) is 0 Å². The van der Waals surface area contributed by atoms with Gasteiger partial charge in [0.25, 0.3) is 0 Å². The average Bonchev–Trinajstić information content (AvgIpc) is 2.61. The standard InChI is InChI=1S/C12H10BrNO2/c1-7-9(12(15)16)6-11(14-7)8-4-2-3-5-10(8)13/h2-6,14H,1H3,(H,15,16). The van der Waals surface area contributed by atoms with Crippen molar-refractivity contribution in [2.24, 2.45) is 0 Å². The molecule has 4 heteroatoms. The van der Waals surface area contributed by atoms with Crippen LogP contribution in [0.1, 0.15) is 16.1 Å². The Kier molecular flexibility index (Phi) is 2.83. The van der Waals surface area contributed by atoms with Gasteiger partial charge in [-0.25, -0.2) is 4.79 Å². The van der Waals surface area contributed by atoms with Crippen molar-refractivity contribution in [2.45, 2.75) is 6.92 Å². The van der Waals surface area contributed by atoms with E-state index in [1.807, 2.05) is 24.3 Å². The second-order valence-electron chi connectivity index (χ2n) is 3.51. The third-order valence-electron chi connectivity index (χ3n) is 2.41. The molecule has 0 saturated carbocycles. The summed E-state index contributed by atoms with van der Waals surface area (Å²) in [5.74, 6) is -0.910. The summed E-state index contributed by atoms with van der Waals surface area (Å²) >= 11 is 3.44. The highest BCUT2D eigenvalue weighted by molar-refractivity contribution is 9.10. The lowest BCUT2D eigenvalue weighted by molar-refractivity contribution is 0.0696. The van der Waals surface area contributed by atoms with E-state index in [0.29, 0.717) is 11.3 Å². The summed E-state index contributed by atoms with van der Waals surface area (Å²) in [6, 6.07) is 9.34. The molecule has 3 nitrogen and oxygen atoms in total. The Morgan fingerprint density at radius 1 is 1.38 bits per heavy atom. The molecule has 0 fully saturated rings. The Morgan fingerprint density at radius 2 is 2.06 bits per heavy atom. The zero-order valence-electron chi connectivity index (χ0n) is 8.62. The third-order valence-corrected chi connectivity index (χ3v) is 3.10. The van der Waals surface area contributed by atoms with Crippen LogP contribution >= 0.6 is 15.9 Å². The first-order valence-electron chi connectivity index (χ1n) is 4.77. The summed E-state index contributed by atoms with van der Waals surface area (Å²) in [7, 11) is 0. The van der Waals surface area contributed by atoms with Crippen molar-refractivity contribution in [2.75, 3.05) is 0 Å². The first-order chi connectivity index (χ1) is 7.59. The number of carboxylic acid groups (broad SMARTS) is 1. The predicted molar refractivity (Wildman–Crippen MR) is 65.6 cm³/mol. The van der Waals surface area contributed by atoms with Crippen molar-refractivity contribution >= 4 is 21.9 Å². The number of nitrogens with one attached hydrogen (secondary N) is 1. The van der Waals surface area contributed by atoms with Crippen LogP contribution in [0.25, 0.3) is 11.3 Å². The van der Waals surface area contributed by atoms with Crippen LogP contribution in [0.15, 0.2) is 34.8 Å². The molecule has 2 N–H and O–H groups in total. The van der Waals surface area contributed by atoms with Gasteiger partial charge in [-0.3, -0.25) is 0 Å². The van der Waals surface area contributed by atoms with Crippen molar-refractivity contribution in [3.05, 3.63) is 46.1 Å². The highest BCUT2D eigenvalue weighted by Gasteiger charge is 2.13. The number of aromatic amines is 1. The summed E-state index contributed by atoms with van der Waals surface area (Å²) in [5.41, 5.74) is 2.74. The molecule has 0 amide bonds. The summed E-state index contributed by atoms with van der Waals surface area (Å²) < 4.78 is 0.938. The number of aromatic carboxylic acids is 1. The van der Waals surface area contributed by atoms with Gasteiger partial charge in [-0.15, -0.1) is 0 Å². The first-order valence-corrected chi connectivity index (χ1v) is 5.56. The van der Waals surface area contributed by atoms with Crippen LogP contribution < -0.4 is 0 Å². The maximum atomic E-state index is 10.9. The molecule has 0 aliphatic carbocycles. The van der Waals surface area contributed by atoms with Gasteiger partial charge in [-0.05, 0) is 19.1 Å². The fourth-order valence-electron chi connectivity index (χ4n) is 1.60. The Bertz CT molecular complexity index is 546. The molecule has 2 aromatic rings. The Morgan fingerprint density at radius 3 is 2.62 bits per heavy atom. The Balaban J connectivity index is 2.54. The zero-order valence-corrected chi connectivity index (χ0v) is 10.2. The number of aromatic nitrogens is 1. The maximum absolute atomic E-state index is 10.9. The van der Waals surface area contributed by atoms with Crippen molar-refractivity contribution in [1.82, 2.24) is 4.98 Å². The molecule has 0 aliphatic rings. The van der Waals surface area contributed by atoms with E-state index in [2.05, 4.69) is 20.9 Å². The van der Waals surface area contributed by atoms with Crippen molar-refractivity contribution < 1.29 is 9.90 Å². The number of aryl methyl sites for hydroxylation is 1. The van der Waals surface area contributed by atoms with E-state index < -0.39 is 5.97 Å². The molecule has 1 heterocycles. The number of hydrogen-bond donors (Lipinski definition) is 2. The molecule has 0 spiro atoms. The molecule has 0 saturated heterocycles. The highest BCUT2D eigenvalue weighted by Crippen LogP contribution is 2.28. The van der Waals surface area contributed by atoms with Crippen molar-refractivity contribution in [3.63, 3.8) is 0 Å². The molecule has 0 atom stereocenters. The number of halogens is 1. The largest absolute Gasteiger partial charge is 0.478 e. The minimum atomic E-state index is -0.910. The Hall–Kier alpha value is -1.55. The molecule has 16 heavy (non-hydrogen) atoms. The summed E-state index contributed by atoms with van der Waals surface area (Å²) in [6.45, 7) is 1.75. The van der Waals surface area contributed by atoms with Crippen LogP contribution in [-0.2, 0) is 0 Å². The van der Waals surface area contributed by atoms with Crippen LogP contribution in [0.5, 0.6) is 0 Å². The normalized spacial score (nSPS) is 10.4. The molecule has 0 radical (unpaired) electrons. The average molecular weight is 280 g/mol. The lowest BCUT2D eigenvalue weighted by atomic mass is 10.1. The van der Waals surface area contributed by atoms with Gasteiger partial charge in [0.1, 0.15) is 0 Å². The SMILES string of the molecule is Cc1[nH]c(-c2ccccc2Br)cc1C(=O)O. The van der Waals surface area contributed by atoms with Gasteiger partial charge in [0.05, 0.1) is 5.56 Å². The smallest absolute Gasteiger partial charge is 0.337 e. The van der Waals surface area contributed by atoms with E-state index in [1.165, 1.54) is 0 Å². The molecule has 2 rings (SSSR count). The number of carbonyl (C=O) groups is 1. The van der Waals surface area contributed by atoms with E-state index in [9.17, 15) is 4.79 Å². The highest BCUT2D eigenvalue weighted by atomic mass is 79.9. The number of rotatable bonds is 2. The van der Waals surface area contributed by atoms with E-state index in [4.69, 9.17) is 5.11 Å². The molecule has 0 unspecified atom stereocenters. The number of H-pyrrole nitrogens is 1. The van der Waals surface area contributed by atoms with Crippen LogP contribution in [0, 0.1) is 6.92 Å². The Labute approximate surface area is 101 Å². The molecule has 1 aromatic heterocycles. The maximum Gasteiger partial charge on any atom is 0.337 e. The van der Waals surface area contributed by atoms with Crippen LogP contribution in [-0.4, -0.2) is 16.1 Å². The van der Waals surface area contributed by atoms with E-state index in [-0.39, 0.29) is 0 Å². The van der Waals surface area contributed by atoms with Gasteiger partial charge in [0.2, 0.25) is 0 Å². The molecule has 0 bridgehead atoms.